The number of carbonyl (C=O) groups is 2. The van der Waals surface area contributed by atoms with E-state index in [0.29, 0.717) is 55.6 Å². The predicted octanol–water partition coefficient (Wildman–Crippen LogP) is 6.59. The Hall–Kier alpha value is -4.71. The molecule has 0 radical (unpaired) electrons. The fraction of sp³-hybridized carbons (Fsp3) is 0.129. The van der Waals surface area contributed by atoms with Crippen LogP contribution in [0.1, 0.15) is 37.4 Å². The van der Waals surface area contributed by atoms with Gasteiger partial charge in [-0.15, -0.1) is 0 Å². The molecule has 0 saturated heterocycles. The maximum absolute atomic E-state index is 13.6. The molecule has 0 aliphatic rings. The average molecular weight is 492 g/mol. The number of para-hydroxylation sites is 1. The van der Waals surface area contributed by atoms with Crippen molar-refractivity contribution in [1.29, 1.82) is 0 Å². The number of aryl methyl sites for hydroxylation is 2. The van der Waals surface area contributed by atoms with Crippen LogP contribution in [0.25, 0.3) is 21.8 Å². The van der Waals surface area contributed by atoms with E-state index in [4.69, 9.17) is 19.2 Å². The van der Waals surface area contributed by atoms with Gasteiger partial charge in [-0.2, -0.15) is 0 Å². The number of fused-ring (bicyclic) bond motifs is 2. The van der Waals surface area contributed by atoms with E-state index in [1.54, 1.807) is 39.2 Å². The Morgan fingerprint density at radius 2 is 1.43 bits per heavy atom. The molecule has 6 nitrogen and oxygen atoms in total. The Balaban J connectivity index is 1.47. The molecule has 0 amide bonds. The lowest BCUT2D eigenvalue weighted by Gasteiger charge is -2.15. The summed E-state index contributed by atoms with van der Waals surface area (Å²) in [7, 11) is 1.58. The average Bonchev–Trinajstić information content (AvgIpc) is 2.92. The van der Waals surface area contributed by atoms with Gasteiger partial charge in [-0.3, -0.25) is 0 Å². The third-order valence-corrected chi connectivity index (χ3v) is 6.20. The van der Waals surface area contributed by atoms with Crippen LogP contribution in [-0.2, 0) is 11.3 Å². The number of carbonyl (C=O) groups excluding carboxylic acids is 2. The second-order valence-corrected chi connectivity index (χ2v) is 8.78. The van der Waals surface area contributed by atoms with Gasteiger partial charge in [0.1, 0.15) is 18.1 Å². The van der Waals surface area contributed by atoms with Crippen LogP contribution >= 0.6 is 0 Å². The molecule has 0 fully saturated rings. The molecule has 1 aromatic heterocycles. The van der Waals surface area contributed by atoms with Crippen molar-refractivity contribution < 1.29 is 23.8 Å². The van der Waals surface area contributed by atoms with E-state index >= 15 is 0 Å². The summed E-state index contributed by atoms with van der Waals surface area (Å²) in [5.74, 6) is 0.0690. The van der Waals surface area contributed by atoms with Crippen LogP contribution in [0.3, 0.4) is 0 Å². The molecule has 0 atom stereocenters. The zero-order chi connectivity index (χ0) is 25.9. The number of ether oxygens (including phenoxy) is 3. The third-order valence-electron chi connectivity index (χ3n) is 6.20. The molecule has 37 heavy (non-hydrogen) atoms. The van der Waals surface area contributed by atoms with E-state index in [9.17, 15) is 9.59 Å². The van der Waals surface area contributed by atoms with Gasteiger partial charge in [0.2, 0.25) is 0 Å². The summed E-state index contributed by atoms with van der Waals surface area (Å²) in [5.41, 5.74) is 4.37. The number of rotatable bonds is 6. The summed E-state index contributed by atoms with van der Waals surface area (Å²) < 4.78 is 16.8. The second kappa shape index (κ2) is 10.1. The lowest BCUT2D eigenvalue weighted by Crippen LogP contribution is -2.13. The van der Waals surface area contributed by atoms with E-state index in [-0.39, 0.29) is 6.61 Å². The molecule has 0 aliphatic heterocycles. The first-order chi connectivity index (χ1) is 17.9. The number of methoxy groups -OCH3 is 1. The highest BCUT2D eigenvalue weighted by Crippen LogP contribution is 2.32. The molecule has 184 valence electrons. The summed E-state index contributed by atoms with van der Waals surface area (Å²) in [6.07, 6.45) is 0. The molecule has 0 aliphatic carbocycles. The molecule has 6 heteroatoms. The van der Waals surface area contributed by atoms with E-state index < -0.39 is 11.9 Å². The largest absolute Gasteiger partial charge is 0.497 e. The number of benzene rings is 4. The topological polar surface area (TPSA) is 74.7 Å². The number of hydrogen-bond acceptors (Lipinski definition) is 6. The van der Waals surface area contributed by atoms with Crippen LogP contribution in [0.15, 0.2) is 84.9 Å². The van der Waals surface area contributed by atoms with Gasteiger partial charge in [-0.05, 0) is 66.9 Å². The molecule has 0 N–H and O–H groups in total. The maximum atomic E-state index is 13.6. The lowest BCUT2D eigenvalue weighted by atomic mass is 10.0. The van der Waals surface area contributed by atoms with Crippen LogP contribution in [0.5, 0.6) is 11.5 Å². The van der Waals surface area contributed by atoms with Crippen LogP contribution in [0.4, 0.5) is 0 Å². The van der Waals surface area contributed by atoms with Crippen LogP contribution in [0, 0.1) is 13.8 Å². The standard InChI is InChI=1S/C31H25NO5/c1-19-15-22(30(33)36-18-21-9-5-4-6-10-21)16-20(2)29(19)37-31(34)28-24-11-7-8-12-26(24)32-27-14-13-23(35-3)17-25(27)28/h4-17H,18H2,1-3H3. The Labute approximate surface area is 214 Å². The molecule has 0 bridgehead atoms. The van der Waals surface area contributed by atoms with Gasteiger partial charge in [-0.1, -0.05) is 48.5 Å². The Morgan fingerprint density at radius 1 is 0.757 bits per heavy atom. The molecule has 0 saturated carbocycles. The van der Waals surface area contributed by atoms with Gasteiger partial charge in [0.15, 0.2) is 0 Å². The lowest BCUT2D eigenvalue weighted by molar-refractivity contribution is 0.0472. The molecular formula is C31H25NO5. The minimum absolute atomic E-state index is 0.181. The summed E-state index contributed by atoms with van der Waals surface area (Å²) >= 11 is 0. The zero-order valence-electron chi connectivity index (χ0n) is 20.8. The summed E-state index contributed by atoms with van der Waals surface area (Å²) in [6, 6.07) is 25.7. The monoisotopic (exact) mass is 491 g/mol. The smallest absolute Gasteiger partial charge is 0.344 e. The molecule has 5 rings (SSSR count). The normalized spacial score (nSPS) is 10.9. The first kappa shape index (κ1) is 24.0. The highest BCUT2D eigenvalue weighted by molar-refractivity contribution is 6.15. The Bertz CT molecular complexity index is 1620. The quantitative estimate of drug-likeness (QED) is 0.152. The van der Waals surface area contributed by atoms with Crippen LogP contribution in [-0.4, -0.2) is 24.0 Å². The van der Waals surface area contributed by atoms with Gasteiger partial charge in [0.25, 0.3) is 0 Å². The molecule has 4 aromatic carbocycles. The maximum Gasteiger partial charge on any atom is 0.344 e. The molecule has 0 spiro atoms. The van der Waals surface area contributed by atoms with Gasteiger partial charge in [0, 0.05) is 10.8 Å². The van der Waals surface area contributed by atoms with Crippen molar-refractivity contribution in [1.82, 2.24) is 4.98 Å². The van der Waals surface area contributed by atoms with Crippen molar-refractivity contribution in [3.05, 3.63) is 113 Å². The SMILES string of the molecule is COc1ccc2nc3ccccc3c(C(=O)Oc3c(C)cc(C(=O)OCc4ccccc4)cc3C)c2c1. The molecule has 5 aromatic rings. The highest BCUT2D eigenvalue weighted by Gasteiger charge is 2.21. The Kier molecular flexibility index (Phi) is 6.56. The fourth-order valence-corrected chi connectivity index (χ4v) is 4.40. The summed E-state index contributed by atoms with van der Waals surface area (Å²) in [4.78, 5) is 31.0. The molecular weight excluding hydrogens is 466 g/mol. The number of hydrogen-bond donors (Lipinski definition) is 0. The van der Waals surface area contributed by atoms with Crippen molar-refractivity contribution >= 4 is 33.7 Å². The Morgan fingerprint density at radius 3 is 2.16 bits per heavy atom. The third kappa shape index (κ3) is 4.86. The second-order valence-electron chi connectivity index (χ2n) is 8.78. The van der Waals surface area contributed by atoms with Crippen LogP contribution in [0.2, 0.25) is 0 Å². The molecule has 0 unspecified atom stereocenters. The zero-order valence-corrected chi connectivity index (χ0v) is 20.8. The van der Waals surface area contributed by atoms with E-state index in [0.717, 1.165) is 5.56 Å². The van der Waals surface area contributed by atoms with Crippen molar-refractivity contribution in [3.8, 4) is 11.5 Å². The molecule has 1 heterocycles. The number of aromatic nitrogens is 1. The van der Waals surface area contributed by atoms with E-state index in [1.807, 2.05) is 66.7 Å². The van der Waals surface area contributed by atoms with Gasteiger partial charge < -0.3 is 14.2 Å². The first-order valence-corrected chi connectivity index (χ1v) is 11.9. The van der Waals surface area contributed by atoms with Crippen molar-refractivity contribution in [3.63, 3.8) is 0 Å². The fourth-order valence-electron chi connectivity index (χ4n) is 4.40. The summed E-state index contributed by atoms with van der Waals surface area (Å²) in [5, 5.41) is 1.32. The number of nitrogens with zero attached hydrogens (tertiary/aromatic N) is 1. The first-order valence-electron chi connectivity index (χ1n) is 11.9. The predicted molar refractivity (Wildman–Crippen MR) is 142 cm³/mol. The van der Waals surface area contributed by atoms with Crippen LogP contribution < -0.4 is 9.47 Å². The van der Waals surface area contributed by atoms with Crippen molar-refractivity contribution in [2.75, 3.05) is 7.11 Å². The highest BCUT2D eigenvalue weighted by atomic mass is 16.5. The van der Waals surface area contributed by atoms with E-state index in [1.165, 1.54) is 0 Å². The number of pyridine rings is 1. The minimum atomic E-state index is -0.512. The van der Waals surface area contributed by atoms with Gasteiger partial charge >= 0.3 is 11.9 Å². The van der Waals surface area contributed by atoms with Gasteiger partial charge in [0.05, 0.1) is 29.3 Å². The summed E-state index contributed by atoms with van der Waals surface area (Å²) in [6.45, 7) is 3.78. The van der Waals surface area contributed by atoms with Crippen molar-refractivity contribution in [2.45, 2.75) is 20.5 Å². The minimum Gasteiger partial charge on any atom is -0.497 e. The van der Waals surface area contributed by atoms with Crippen molar-refractivity contribution in [2.24, 2.45) is 0 Å². The number of esters is 2. The van der Waals surface area contributed by atoms with E-state index in [2.05, 4.69) is 0 Å². The van der Waals surface area contributed by atoms with Gasteiger partial charge in [-0.25, -0.2) is 14.6 Å².